The van der Waals surface area contributed by atoms with Crippen molar-refractivity contribution in [3.05, 3.63) is 0 Å². The lowest BCUT2D eigenvalue weighted by molar-refractivity contribution is 0.302. The third-order valence-electron chi connectivity index (χ3n) is 3.86. The Hall–Kier alpha value is -0.0400. The predicted molar refractivity (Wildman–Crippen MR) is 67.9 cm³/mol. The van der Waals surface area contributed by atoms with Gasteiger partial charge >= 0.3 is 0 Å². The van der Waals surface area contributed by atoms with Gasteiger partial charge in [0.2, 0.25) is 0 Å². The normalized spacial score (nSPS) is 26.8. The molecule has 15 heavy (non-hydrogen) atoms. The summed E-state index contributed by atoms with van der Waals surface area (Å²) >= 11 is 0. The highest BCUT2D eigenvalue weighted by atomic mass is 14.6. The molecule has 0 heterocycles. The van der Waals surface area contributed by atoms with Crippen molar-refractivity contribution in [1.29, 1.82) is 0 Å². The first-order chi connectivity index (χ1) is 7.33. The van der Waals surface area contributed by atoms with Crippen molar-refractivity contribution in [2.75, 3.05) is 0 Å². The summed E-state index contributed by atoms with van der Waals surface area (Å²) in [5.74, 6) is 1.01. The summed E-state index contributed by atoms with van der Waals surface area (Å²) < 4.78 is 0. The Labute approximate surface area is 95.8 Å². The minimum Gasteiger partial charge on any atom is -0.328 e. The Kier molecular flexibility index (Phi) is 7.08. The topological polar surface area (TPSA) is 26.0 Å². The average molecular weight is 211 g/mol. The first kappa shape index (κ1) is 13.0. The molecule has 0 bridgehead atoms. The molecular weight excluding hydrogens is 182 g/mol. The molecule has 1 fully saturated rings. The Bertz CT molecular complexity index is 136. The van der Waals surface area contributed by atoms with E-state index >= 15 is 0 Å². The van der Waals surface area contributed by atoms with Crippen molar-refractivity contribution in [3.63, 3.8) is 0 Å². The Morgan fingerprint density at radius 1 is 0.867 bits per heavy atom. The van der Waals surface area contributed by atoms with E-state index < -0.39 is 0 Å². The molecule has 0 unspecified atom stereocenters. The Morgan fingerprint density at radius 3 is 2.13 bits per heavy atom. The maximum atomic E-state index is 5.91. The molecule has 1 rings (SSSR count). The average Bonchev–Trinajstić information content (AvgIpc) is 2.26. The van der Waals surface area contributed by atoms with Crippen LogP contribution in [0.15, 0.2) is 0 Å². The summed E-state index contributed by atoms with van der Waals surface area (Å²) in [7, 11) is 0. The monoisotopic (exact) mass is 211 g/mol. The van der Waals surface area contributed by atoms with Crippen LogP contribution in [0.1, 0.15) is 77.6 Å². The molecule has 0 aliphatic heterocycles. The largest absolute Gasteiger partial charge is 0.328 e. The summed E-state index contributed by atoms with van der Waals surface area (Å²) in [6.45, 7) is 2.28. The fraction of sp³-hybridized carbons (Fsp3) is 1.00. The molecule has 0 aromatic heterocycles. The quantitative estimate of drug-likeness (QED) is 0.626. The number of hydrogen-bond acceptors (Lipinski definition) is 1. The van der Waals surface area contributed by atoms with Gasteiger partial charge < -0.3 is 5.73 Å². The van der Waals surface area contributed by atoms with Crippen molar-refractivity contribution in [2.24, 2.45) is 11.7 Å². The molecule has 0 aromatic carbocycles. The van der Waals surface area contributed by atoms with E-state index in [0.29, 0.717) is 6.04 Å². The number of unbranched alkanes of at least 4 members (excludes halogenated alkanes) is 5. The minimum absolute atomic E-state index is 0.519. The van der Waals surface area contributed by atoms with Gasteiger partial charge in [0.05, 0.1) is 0 Å². The SMILES string of the molecule is CCCCCCCC[C@H]1CC[C@H](N)CC1. The van der Waals surface area contributed by atoms with Crippen LogP contribution < -0.4 is 5.73 Å². The molecule has 0 spiro atoms. The van der Waals surface area contributed by atoms with Crippen LogP contribution in [0.4, 0.5) is 0 Å². The molecule has 1 nitrogen and oxygen atoms in total. The van der Waals surface area contributed by atoms with Gasteiger partial charge in [0.15, 0.2) is 0 Å². The maximum Gasteiger partial charge on any atom is 0.00390 e. The molecule has 0 saturated heterocycles. The Balaban J connectivity index is 1.87. The molecular formula is C14H29N. The van der Waals surface area contributed by atoms with E-state index in [4.69, 9.17) is 5.73 Å². The third-order valence-corrected chi connectivity index (χ3v) is 3.86. The highest BCUT2D eigenvalue weighted by molar-refractivity contribution is 4.74. The third kappa shape index (κ3) is 6.19. The fourth-order valence-electron chi connectivity index (χ4n) is 2.69. The van der Waals surface area contributed by atoms with Gasteiger partial charge in [0, 0.05) is 6.04 Å². The maximum absolute atomic E-state index is 5.91. The predicted octanol–water partition coefficient (Wildman–Crippen LogP) is 4.25. The number of rotatable bonds is 7. The molecule has 1 aliphatic rings. The highest BCUT2D eigenvalue weighted by Crippen LogP contribution is 2.27. The van der Waals surface area contributed by atoms with Gasteiger partial charge in [-0.2, -0.15) is 0 Å². The van der Waals surface area contributed by atoms with E-state index in [0.717, 1.165) is 5.92 Å². The molecule has 1 heteroatoms. The van der Waals surface area contributed by atoms with Crippen molar-refractivity contribution in [1.82, 2.24) is 0 Å². The molecule has 0 amide bonds. The molecule has 90 valence electrons. The van der Waals surface area contributed by atoms with Gasteiger partial charge in [-0.1, -0.05) is 51.9 Å². The van der Waals surface area contributed by atoms with Crippen LogP contribution in [0.2, 0.25) is 0 Å². The van der Waals surface area contributed by atoms with E-state index in [1.54, 1.807) is 0 Å². The standard InChI is InChI=1S/C14H29N/c1-2-3-4-5-6-7-8-13-9-11-14(15)12-10-13/h13-14H,2-12,15H2,1H3/t13-,14-. The van der Waals surface area contributed by atoms with Gasteiger partial charge in [0.25, 0.3) is 0 Å². The second-order valence-corrected chi connectivity index (χ2v) is 5.34. The Morgan fingerprint density at radius 2 is 1.47 bits per heavy atom. The highest BCUT2D eigenvalue weighted by Gasteiger charge is 2.17. The molecule has 1 aliphatic carbocycles. The van der Waals surface area contributed by atoms with Crippen molar-refractivity contribution >= 4 is 0 Å². The van der Waals surface area contributed by atoms with Gasteiger partial charge in [-0.3, -0.25) is 0 Å². The van der Waals surface area contributed by atoms with Crippen LogP contribution >= 0.6 is 0 Å². The smallest absolute Gasteiger partial charge is 0.00390 e. The van der Waals surface area contributed by atoms with E-state index in [1.165, 1.54) is 70.6 Å². The van der Waals surface area contributed by atoms with Crippen molar-refractivity contribution in [3.8, 4) is 0 Å². The zero-order valence-electron chi connectivity index (χ0n) is 10.5. The van der Waals surface area contributed by atoms with E-state index in [1.807, 2.05) is 0 Å². The van der Waals surface area contributed by atoms with Crippen molar-refractivity contribution < 1.29 is 0 Å². The van der Waals surface area contributed by atoms with E-state index in [-0.39, 0.29) is 0 Å². The summed E-state index contributed by atoms with van der Waals surface area (Å²) in [5.41, 5.74) is 5.91. The first-order valence-corrected chi connectivity index (χ1v) is 7.08. The van der Waals surface area contributed by atoms with Crippen LogP contribution in [0, 0.1) is 5.92 Å². The van der Waals surface area contributed by atoms with E-state index in [9.17, 15) is 0 Å². The zero-order valence-corrected chi connectivity index (χ0v) is 10.5. The number of hydrogen-bond donors (Lipinski definition) is 1. The minimum atomic E-state index is 0.519. The summed E-state index contributed by atoms with van der Waals surface area (Å²) in [4.78, 5) is 0. The van der Waals surface area contributed by atoms with Crippen molar-refractivity contribution in [2.45, 2.75) is 83.6 Å². The molecule has 0 radical (unpaired) electrons. The van der Waals surface area contributed by atoms with Crippen LogP contribution in [0.3, 0.4) is 0 Å². The lowest BCUT2D eigenvalue weighted by atomic mass is 9.83. The van der Waals surface area contributed by atoms with Crippen LogP contribution in [-0.4, -0.2) is 6.04 Å². The molecule has 0 atom stereocenters. The van der Waals surface area contributed by atoms with Crippen LogP contribution in [-0.2, 0) is 0 Å². The summed E-state index contributed by atoms with van der Waals surface area (Å²) in [6, 6.07) is 0.519. The fourth-order valence-corrected chi connectivity index (χ4v) is 2.69. The first-order valence-electron chi connectivity index (χ1n) is 7.08. The van der Waals surface area contributed by atoms with E-state index in [2.05, 4.69) is 6.92 Å². The summed E-state index contributed by atoms with van der Waals surface area (Å²) in [6.07, 6.45) is 15.4. The lowest BCUT2D eigenvalue weighted by Gasteiger charge is -2.25. The van der Waals surface area contributed by atoms with Crippen LogP contribution in [0.25, 0.3) is 0 Å². The second-order valence-electron chi connectivity index (χ2n) is 5.34. The molecule has 1 saturated carbocycles. The lowest BCUT2D eigenvalue weighted by Crippen LogP contribution is -2.26. The molecule has 2 N–H and O–H groups in total. The van der Waals surface area contributed by atoms with Gasteiger partial charge in [-0.05, 0) is 31.6 Å². The van der Waals surface area contributed by atoms with Gasteiger partial charge in [0.1, 0.15) is 0 Å². The van der Waals surface area contributed by atoms with Crippen LogP contribution in [0.5, 0.6) is 0 Å². The molecule has 0 aromatic rings. The van der Waals surface area contributed by atoms with Gasteiger partial charge in [-0.15, -0.1) is 0 Å². The zero-order chi connectivity index (χ0) is 10.9. The number of nitrogens with two attached hydrogens (primary N) is 1. The second kappa shape index (κ2) is 8.15. The summed E-state index contributed by atoms with van der Waals surface area (Å²) in [5, 5.41) is 0. The van der Waals surface area contributed by atoms with Gasteiger partial charge in [-0.25, -0.2) is 0 Å².